The lowest BCUT2D eigenvalue weighted by molar-refractivity contribution is 0.411. The Morgan fingerprint density at radius 1 is 1.26 bits per heavy atom. The summed E-state index contributed by atoms with van der Waals surface area (Å²) in [7, 11) is 0. The fraction of sp³-hybridized carbons (Fsp3) is 0.412. The van der Waals surface area contributed by atoms with E-state index in [2.05, 4.69) is 62.4 Å². The Bertz CT molecular complexity index is 559. The molecular formula is C17H23N2. The zero-order chi connectivity index (χ0) is 14.0. The summed E-state index contributed by atoms with van der Waals surface area (Å²) in [5.74, 6) is 0. The molecule has 1 radical (unpaired) electrons. The van der Waals surface area contributed by atoms with Crippen LogP contribution in [0.15, 0.2) is 30.7 Å². The topological polar surface area (TPSA) is 17.8 Å². The molecule has 1 heterocycles. The molecule has 2 nitrogen and oxygen atoms in total. The van der Waals surface area contributed by atoms with Gasteiger partial charge in [0.05, 0.1) is 6.33 Å². The molecule has 2 rings (SSSR count). The molecule has 0 bridgehead atoms. The number of nitrogens with zero attached hydrogens (tertiary/aromatic N) is 2. The van der Waals surface area contributed by atoms with E-state index < -0.39 is 0 Å². The standard InChI is InChI=1S/C17H23N2/c1-6-15-11-18-12-19(15)16-8-7-14(9-13(16)2)10-17(3,4)5/h7-9,11-12H,2,6,10H2,1,3-5H3. The first kappa shape index (κ1) is 13.9. The lowest BCUT2D eigenvalue weighted by Gasteiger charge is -2.19. The lowest BCUT2D eigenvalue weighted by Crippen LogP contribution is -2.09. The molecule has 0 saturated heterocycles. The van der Waals surface area contributed by atoms with Crippen molar-refractivity contribution < 1.29 is 0 Å². The van der Waals surface area contributed by atoms with E-state index >= 15 is 0 Å². The van der Waals surface area contributed by atoms with Gasteiger partial charge in [-0.3, -0.25) is 0 Å². The second-order valence-corrected chi connectivity index (χ2v) is 6.31. The van der Waals surface area contributed by atoms with Crippen molar-refractivity contribution in [1.82, 2.24) is 9.55 Å². The van der Waals surface area contributed by atoms with E-state index in [9.17, 15) is 0 Å². The molecule has 0 atom stereocenters. The van der Waals surface area contributed by atoms with E-state index in [-0.39, 0.29) is 0 Å². The number of aryl methyl sites for hydroxylation is 1. The number of benzene rings is 1. The number of imidazole rings is 1. The van der Waals surface area contributed by atoms with Gasteiger partial charge in [0, 0.05) is 17.6 Å². The van der Waals surface area contributed by atoms with Gasteiger partial charge in [-0.2, -0.15) is 0 Å². The van der Waals surface area contributed by atoms with Gasteiger partial charge in [0.25, 0.3) is 0 Å². The molecule has 0 N–H and O–H groups in total. The van der Waals surface area contributed by atoms with Crippen LogP contribution in [0.4, 0.5) is 0 Å². The van der Waals surface area contributed by atoms with Crippen LogP contribution in [0.5, 0.6) is 0 Å². The minimum atomic E-state index is 0.303. The van der Waals surface area contributed by atoms with Gasteiger partial charge in [0.1, 0.15) is 0 Å². The molecule has 0 unspecified atom stereocenters. The first-order valence-corrected chi connectivity index (χ1v) is 6.87. The summed E-state index contributed by atoms with van der Waals surface area (Å²) in [6.45, 7) is 13.1. The highest BCUT2D eigenvalue weighted by molar-refractivity contribution is 5.46. The third-order valence-corrected chi connectivity index (χ3v) is 3.22. The molecule has 1 aromatic heterocycles. The molecule has 2 heteroatoms. The summed E-state index contributed by atoms with van der Waals surface area (Å²) in [5, 5.41) is 0. The quantitative estimate of drug-likeness (QED) is 0.803. The van der Waals surface area contributed by atoms with Crippen LogP contribution >= 0.6 is 0 Å². The highest BCUT2D eigenvalue weighted by Gasteiger charge is 2.13. The normalized spacial score (nSPS) is 11.8. The molecule has 0 aliphatic heterocycles. The molecule has 0 aliphatic rings. The predicted molar refractivity (Wildman–Crippen MR) is 80.6 cm³/mol. The number of rotatable bonds is 3. The maximum Gasteiger partial charge on any atom is 0.0994 e. The van der Waals surface area contributed by atoms with E-state index in [1.54, 1.807) is 0 Å². The molecule has 101 valence electrons. The fourth-order valence-electron chi connectivity index (χ4n) is 2.40. The van der Waals surface area contributed by atoms with Crippen LogP contribution in [0, 0.1) is 12.3 Å². The zero-order valence-corrected chi connectivity index (χ0v) is 12.4. The van der Waals surface area contributed by atoms with Crippen LogP contribution < -0.4 is 0 Å². The summed E-state index contributed by atoms with van der Waals surface area (Å²) in [6.07, 6.45) is 5.83. The number of aromatic nitrogens is 2. The minimum Gasteiger partial charge on any atom is -0.303 e. The Balaban J connectivity index is 2.35. The summed E-state index contributed by atoms with van der Waals surface area (Å²) in [4.78, 5) is 4.23. The van der Waals surface area contributed by atoms with Gasteiger partial charge in [-0.25, -0.2) is 4.98 Å². The number of hydrogen-bond donors (Lipinski definition) is 0. The largest absolute Gasteiger partial charge is 0.303 e. The highest BCUT2D eigenvalue weighted by atomic mass is 15.0. The van der Waals surface area contributed by atoms with Crippen molar-refractivity contribution in [2.75, 3.05) is 0 Å². The van der Waals surface area contributed by atoms with Gasteiger partial charge in [-0.15, -0.1) is 0 Å². The van der Waals surface area contributed by atoms with Crippen LogP contribution in [0.25, 0.3) is 5.69 Å². The van der Waals surface area contributed by atoms with Crippen molar-refractivity contribution in [3.63, 3.8) is 0 Å². The summed E-state index contributed by atoms with van der Waals surface area (Å²) < 4.78 is 2.13. The van der Waals surface area contributed by atoms with E-state index in [0.717, 1.165) is 24.1 Å². The fourth-order valence-corrected chi connectivity index (χ4v) is 2.40. The second kappa shape index (κ2) is 5.20. The minimum absolute atomic E-state index is 0.303. The van der Waals surface area contributed by atoms with Crippen molar-refractivity contribution in [3.8, 4) is 5.69 Å². The van der Waals surface area contributed by atoms with Gasteiger partial charge < -0.3 is 4.57 Å². The van der Waals surface area contributed by atoms with Crippen molar-refractivity contribution in [2.45, 2.75) is 40.5 Å². The molecule has 0 aliphatic carbocycles. The molecule has 0 fully saturated rings. The molecule has 0 amide bonds. The maximum atomic E-state index is 4.23. The Labute approximate surface area is 116 Å². The van der Waals surface area contributed by atoms with Crippen LogP contribution in [0.1, 0.15) is 44.5 Å². The first-order chi connectivity index (χ1) is 8.90. The zero-order valence-electron chi connectivity index (χ0n) is 12.4. The van der Waals surface area contributed by atoms with Gasteiger partial charge in [-0.1, -0.05) is 39.8 Å². The smallest absolute Gasteiger partial charge is 0.0994 e. The summed E-state index contributed by atoms with van der Waals surface area (Å²) >= 11 is 0. The van der Waals surface area contributed by atoms with Gasteiger partial charge in [0.2, 0.25) is 0 Å². The van der Waals surface area contributed by atoms with Crippen molar-refractivity contribution in [3.05, 3.63) is 54.5 Å². The molecule has 2 aromatic rings. The Morgan fingerprint density at radius 3 is 2.58 bits per heavy atom. The van der Waals surface area contributed by atoms with Crippen LogP contribution in [-0.4, -0.2) is 9.55 Å². The highest BCUT2D eigenvalue weighted by Crippen LogP contribution is 2.24. The maximum absolute atomic E-state index is 4.23. The van der Waals surface area contributed by atoms with Crippen molar-refractivity contribution >= 4 is 0 Å². The molecule has 0 spiro atoms. The predicted octanol–water partition coefficient (Wildman–Crippen LogP) is 4.21. The monoisotopic (exact) mass is 255 g/mol. The molecule has 1 aromatic carbocycles. The van der Waals surface area contributed by atoms with E-state index in [4.69, 9.17) is 0 Å². The Kier molecular flexibility index (Phi) is 3.79. The third kappa shape index (κ3) is 3.25. The molecule has 0 saturated carbocycles. The van der Waals surface area contributed by atoms with Crippen molar-refractivity contribution in [2.24, 2.45) is 5.41 Å². The molecular weight excluding hydrogens is 232 g/mol. The summed E-state index contributed by atoms with van der Waals surface area (Å²) in [5.41, 5.74) is 5.06. The van der Waals surface area contributed by atoms with Gasteiger partial charge in [0.15, 0.2) is 0 Å². The second-order valence-electron chi connectivity index (χ2n) is 6.31. The van der Waals surface area contributed by atoms with Gasteiger partial charge >= 0.3 is 0 Å². The van der Waals surface area contributed by atoms with Crippen LogP contribution in [-0.2, 0) is 12.8 Å². The Morgan fingerprint density at radius 2 is 2.00 bits per heavy atom. The average Bonchev–Trinajstić information content (AvgIpc) is 2.74. The van der Waals surface area contributed by atoms with Crippen LogP contribution in [0.2, 0.25) is 0 Å². The third-order valence-electron chi connectivity index (χ3n) is 3.22. The van der Waals surface area contributed by atoms with Crippen LogP contribution in [0.3, 0.4) is 0 Å². The van der Waals surface area contributed by atoms with E-state index in [1.807, 2.05) is 12.5 Å². The first-order valence-electron chi connectivity index (χ1n) is 6.87. The van der Waals surface area contributed by atoms with Gasteiger partial charge in [-0.05, 0) is 42.4 Å². The molecule has 19 heavy (non-hydrogen) atoms. The van der Waals surface area contributed by atoms with E-state index in [1.165, 1.54) is 11.3 Å². The average molecular weight is 255 g/mol. The SMILES string of the molecule is [CH2]c1cc(CC(C)(C)C)ccc1-n1cncc1CC. The van der Waals surface area contributed by atoms with E-state index in [0.29, 0.717) is 5.41 Å². The van der Waals surface area contributed by atoms with Crippen molar-refractivity contribution in [1.29, 1.82) is 0 Å². The lowest BCUT2D eigenvalue weighted by atomic mass is 9.87. The number of hydrogen-bond acceptors (Lipinski definition) is 1. The Hall–Kier alpha value is -1.57. The summed E-state index contributed by atoms with van der Waals surface area (Å²) in [6, 6.07) is 6.55.